The molecular formula is C11H13F2N. The van der Waals surface area contributed by atoms with E-state index in [0.717, 1.165) is 12.5 Å². The van der Waals surface area contributed by atoms with Gasteiger partial charge in [-0.05, 0) is 18.9 Å². The molecule has 14 heavy (non-hydrogen) atoms. The van der Waals surface area contributed by atoms with Gasteiger partial charge >= 0.3 is 0 Å². The molecule has 0 spiro atoms. The lowest BCUT2D eigenvalue weighted by molar-refractivity contribution is 0.545. The topological polar surface area (TPSA) is 26.0 Å². The second-order valence-corrected chi connectivity index (χ2v) is 3.14. The zero-order valence-corrected chi connectivity index (χ0v) is 7.84. The van der Waals surface area contributed by atoms with E-state index in [1.165, 1.54) is 12.1 Å². The first kappa shape index (κ1) is 10.9. The van der Waals surface area contributed by atoms with Gasteiger partial charge < -0.3 is 5.73 Å². The highest BCUT2D eigenvalue weighted by molar-refractivity contribution is 5.21. The molecule has 3 heteroatoms. The van der Waals surface area contributed by atoms with Crippen LogP contribution in [-0.4, -0.2) is 0 Å². The first-order valence-electron chi connectivity index (χ1n) is 4.46. The van der Waals surface area contributed by atoms with Crippen LogP contribution >= 0.6 is 0 Å². The van der Waals surface area contributed by atoms with Gasteiger partial charge in [-0.1, -0.05) is 12.1 Å². The molecule has 0 aromatic heterocycles. The fraction of sp³-hybridized carbons (Fsp3) is 0.273. The summed E-state index contributed by atoms with van der Waals surface area (Å²) in [4.78, 5) is 0. The van der Waals surface area contributed by atoms with Crippen LogP contribution in [0.1, 0.15) is 24.4 Å². The van der Waals surface area contributed by atoms with Gasteiger partial charge in [0.1, 0.15) is 11.6 Å². The molecule has 0 saturated carbocycles. The van der Waals surface area contributed by atoms with E-state index < -0.39 is 17.7 Å². The zero-order valence-electron chi connectivity index (χ0n) is 7.84. The molecule has 0 heterocycles. The number of allylic oxidation sites excluding steroid dienone is 1. The molecular weight excluding hydrogens is 184 g/mol. The Hall–Kier alpha value is -1.22. The molecule has 0 aliphatic heterocycles. The van der Waals surface area contributed by atoms with Gasteiger partial charge in [0.25, 0.3) is 0 Å². The molecule has 1 rings (SSSR count). The Labute approximate surface area is 82.2 Å². The second-order valence-electron chi connectivity index (χ2n) is 3.14. The molecule has 1 nitrogen and oxygen atoms in total. The molecule has 0 aliphatic rings. The zero-order chi connectivity index (χ0) is 10.6. The lowest BCUT2D eigenvalue weighted by Gasteiger charge is -2.11. The number of nitrogens with two attached hydrogens (primary N) is 1. The molecule has 0 radical (unpaired) electrons. The number of hydrogen-bond acceptors (Lipinski definition) is 1. The van der Waals surface area contributed by atoms with Crippen molar-refractivity contribution in [3.05, 3.63) is 48.1 Å². The predicted molar refractivity (Wildman–Crippen MR) is 52.7 cm³/mol. The summed E-state index contributed by atoms with van der Waals surface area (Å²) in [6.07, 6.45) is 3.06. The van der Waals surface area contributed by atoms with E-state index in [-0.39, 0.29) is 0 Å². The van der Waals surface area contributed by atoms with Crippen molar-refractivity contribution in [2.45, 2.75) is 18.9 Å². The molecule has 2 N–H and O–H groups in total. The molecule has 1 unspecified atom stereocenters. The Balaban J connectivity index is 2.78. The SMILES string of the molecule is C=CCCC(N)c1ccc(F)cc1F. The summed E-state index contributed by atoms with van der Waals surface area (Å²) < 4.78 is 25.7. The standard InChI is InChI=1S/C11H13F2N/c1-2-3-4-11(14)9-6-5-8(12)7-10(9)13/h2,5-7,11H,1,3-4,14H2. The van der Waals surface area contributed by atoms with Gasteiger partial charge in [-0.3, -0.25) is 0 Å². The van der Waals surface area contributed by atoms with Crippen molar-refractivity contribution in [3.63, 3.8) is 0 Å². The van der Waals surface area contributed by atoms with E-state index in [1.54, 1.807) is 6.08 Å². The maximum atomic E-state index is 13.2. The van der Waals surface area contributed by atoms with E-state index in [1.807, 2.05) is 0 Å². The summed E-state index contributed by atoms with van der Waals surface area (Å²) in [5.74, 6) is -1.16. The fourth-order valence-corrected chi connectivity index (χ4v) is 1.26. The molecule has 0 amide bonds. The van der Waals surface area contributed by atoms with E-state index in [0.29, 0.717) is 12.0 Å². The lowest BCUT2D eigenvalue weighted by Crippen LogP contribution is -2.11. The van der Waals surface area contributed by atoms with Gasteiger partial charge in [0, 0.05) is 17.7 Å². The van der Waals surface area contributed by atoms with Gasteiger partial charge in [-0.15, -0.1) is 6.58 Å². The van der Waals surface area contributed by atoms with Crippen molar-refractivity contribution in [3.8, 4) is 0 Å². The van der Waals surface area contributed by atoms with Crippen LogP contribution in [0.4, 0.5) is 8.78 Å². The average molecular weight is 197 g/mol. The smallest absolute Gasteiger partial charge is 0.130 e. The maximum absolute atomic E-state index is 13.2. The van der Waals surface area contributed by atoms with Crippen LogP contribution in [0.15, 0.2) is 30.9 Å². The molecule has 76 valence electrons. The van der Waals surface area contributed by atoms with Crippen LogP contribution < -0.4 is 5.73 Å². The Morgan fingerprint density at radius 1 is 1.43 bits per heavy atom. The molecule has 0 fully saturated rings. The Morgan fingerprint density at radius 2 is 2.14 bits per heavy atom. The molecule has 1 aromatic rings. The highest BCUT2D eigenvalue weighted by atomic mass is 19.1. The number of rotatable bonds is 4. The third kappa shape index (κ3) is 2.64. The second kappa shape index (κ2) is 4.86. The average Bonchev–Trinajstić information content (AvgIpc) is 2.14. The number of halogens is 2. The maximum Gasteiger partial charge on any atom is 0.130 e. The largest absolute Gasteiger partial charge is 0.324 e. The van der Waals surface area contributed by atoms with Gasteiger partial charge in [-0.2, -0.15) is 0 Å². The highest BCUT2D eigenvalue weighted by Gasteiger charge is 2.10. The summed E-state index contributed by atoms with van der Waals surface area (Å²) in [7, 11) is 0. The van der Waals surface area contributed by atoms with E-state index in [9.17, 15) is 8.78 Å². The third-order valence-corrected chi connectivity index (χ3v) is 2.04. The van der Waals surface area contributed by atoms with Gasteiger partial charge in [-0.25, -0.2) is 8.78 Å². The normalized spacial score (nSPS) is 12.5. The first-order valence-corrected chi connectivity index (χ1v) is 4.46. The Kier molecular flexibility index (Phi) is 3.77. The van der Waals surface area contributed by atoms with Crippen molar-refractivity contribution in [2.24, 2.45) is 5.73 Å². The first-order chi connectivity index (χ1) is 6.65. The van der Waals surface area contributed by atoms with Crippen LogP contribution in [0.25, 0.3) is 0 Å². The number of hydrogen-bond donors (Lipinski definition) is 1. The summed E-state index contributed by atoms with van der Waals surface area (Å²) in [5, 5.41) is 0. The van der Waals surface area contributed by atoms with E-state index in [2.05, 4.69) is 6.58 Å². The van der Waals surface area contributed by atoms with E-state index >= 15 is 0 Å². The quantitative estimate of drug-likeness (QED) is 0.738. The minimum Gasteiger partial charge on any atom is -0.324 e. The van der Waals surface area contributed by atoms with Crippen molar-refractivity contribution in [1.29, 1.82) is 0 Å². The van der Waals surface area contributed by atoms with Crippen molar-refractivity contribution in [1.82, 2.24) is 0 Å². The fourth-order valence-electron chi connectivity index (χ4n) is 1.26. The summed E-state index contributed by atoms with van der Waals surface area (Å²) >= 11 is 0. The minimum absolute atomic E-state index is 0.355. The summed E-state index contributed by atoms with van der Waals surface area (Å²) in [6, 6.07) is 3.06. The number of benzene rings is 1. The van der Waals surface area contributed by atoms with Gasteiger partial charge in [0.15, 0.2) is 0 Å². The van der Waals surface area contributed by atoms with Crippen LogP contribution in [-0.2, 0) is 0 Å². The van der Waals surface area contributed by atoms with Crippen molar-refractivity contribution in [2.75, 3.05) is 0 Å². The van der Waals surface area contributed by atoms with Crippen molar-refractivity contribution < 1.29 is 8.78 Å². The van der Waals surface area contributed by atoms with Crippen molar-refractivity contribution >= 4 is 0 Å². The highest BCUT2D eigenvalue weighted by Crippen LogP contribution is 2.19. The third-order valence-electron chi connectivity index (χ3n) is 2.04. The summed E-state index contributed by atoms with van der Waals surface area (Å²) in [6.45, 7) is 3.55. The molecule has 1 atom stereocenters. The Bertz CT molecular complexity index is 323. The minimum atomic E-state index is -0.582. The molecule has 0 saturated heterocycles. The lowest BCUT2D eigenvalue weighted by atomic mass is 10.0. The van der Waals surface area contributed by atoms with Gasteiger partial charge in [0.2, 0.25) is 0 Å². The van der Waals surface area contributed by atoms with Crippen LogP contribution in [0.3, 0.4) is 0 Å². The molecule has 0 bridgehead atoms. The Morgan fingerprint density at radius 3 is 2.71 bits per heavy atom. The van der Waals surface area contributed by atoms with Crippen LogP contribution in [0.5, 0.6) is 0 Å². The van der Waals surface area contributed by atoms with Crippen LogP contribution in [0, 0.1) is 11.6 Å². The predicted octanol–water partition coefficient (Wildman–Crippen LogP) is 2.93. The van der Waals surface area contributed by atoms with Gasteiger partial charge in [0.05, 0.1) is 0 Å². The monoisotopic (exact) mass is 197 g/mol. The van der Waals surface area contributed by atoms with Crippen LogP contribution in [0.2, 0.25) is 0 Å². The summed E-state index contributed by atoms with van der Waals surface area (Å²) in [5.41, 5.74) is 6.08. The molecule has 1 aromatic carbocycles. The molecule has 0 aliphatic carbocycles. The van der Waals surface area contributed by atoms with E-state index in [4.69, 9.17) is 5.73 Å².